The summed E-state index contributed by atoms with van der Waals surface area (Å²) in [6.07, 6.45) is -2.83. The van der Waals surface area contributed by atoms with Crippen molar-refractivity contribution in [2.45, 2.75) is 12.8 Å². The highest BCUT2D eigenvalue weighted by Crippen LogP contribution is 2.29. The van der Waals surface area contributed by atoms with Crippen LogP contribution in [0.25, 0.3) is 0 Å². The van der Waals surface area contributed by atoms with Crippen LogP contribution in [0.1, 0.15) is 17.7 Å². The second-order valence-corrected chi connectivity index (χ2v) is 3.22. The van der Waals surface area contributed by atoms with Crippen molar-refractivity contribution in [2.75, 3.05) is 7.11 Å². The van der Waals surface area contributed by atoms with Crippen molar-refractivity contribution in [1.82, 2.24) is 4.98 Å². The highest BCUT2D eigenvalue weighted by atomic mass is 35.5. The molecule has 88 valence electrons. The molecule has 0 aliphatic heterocycles. The van der Waals surface area contributed by atoms with Gasteiger partial charge in [0.15, 0.2) is 0 Å². The van der Waals surface area contributed by atoms with E-state index in [1.165, 1.54) is 0 Å². The van der Waals surface area contributed by atoms with E-state index < -0.39 is 35.3 Å². The number of methoxy groups -OCH3 is 1. The lowest BCUT2D eigenvalue weighted by atomic mass is 10.1. The standard InChI is InChI=1S/C9H7ClF3NO2/c1-16-6(15)2-4-5(11)3-14-8(7(4)10)9(12)13/h3,9H,2H2,1H3. The number of pyridine rings is 1. The number of hydrogen-bond donors (Lipinski definition) is 0. The monoisotopic (exact) mass is 253 g/mol. The van der Waals surface area contributed by atoms with Crippen LogP contribution in [-0.2, 0) is 16.0 Å². The van der Waals surface area contributed by atoms with E-state index in [4.69, 9.17) is 11.6 Å². The van der Waals surface area contributed by atoms with Crippen LogP contribution in [0.2, 0.25) is 5.02 Å². The molecule has 0 fully saturated rings. The maximum Gasteiger partial charge on any atom is 0.310 e. The molecule has 16 heavy (non-hydrogen) atoms. The van der Waals surface area contributed by atoms with Crippen LogP contribution in [-0.4, -0.2) is 18.1 Å². The van der Waals surface area contributed by atoms with E-state index in [0.29, 0.717) is 6.20 Å². The molecular formula is C9H7ClF3NO2. The summed E-state index contributed by atoms with van der Waals surface area (Å²) in [6, 6.07) is 0. The van der Waals surface area contributed by atoms with E-state index in [1.54, 1.807) is 0 Å². The summed E-state index contributed by atoms with van der Waals surface area (Å²) in [7, 11) is 1.10. The Balaban J connectivity index is 3.16. The van der Waals surface area contributed by atoms with Crippen LogP contribution in [0.3, 0.4) is 0 Å². The number of nitrogens with zero attached hydrogens (tertiary/aromatic N) is 1. The molecule has 0 saturated carbocycles. The van der Waals surface area contributed by atoms with Gasteiger partial charge in [0.1, 0.15) is 11.5 Å². The summed E-state index contributed by atoms with van der Waals surface area (Å²) < 4.78 is 42.2. The third-order valence-corrected chi connectivity index (χ3v) is 2.27. The fourth-order valence-electron chi connectivity index (χ4n) is 1.05. The topological polar surface area (TPSA) is 39.2 Å². The molecule has 0 saturated heterocycles. The normalized spacial score (nSPS) is 10.6. The van der Waals surface area contributed by atoms with Crippen LogP contribution in [0.15, 0.2) is 6.20 Å². The van der Waals surface area contributed by atoms with E-state index in [-0.39, 0.29) is 5.56 Å². The van der Waals surface area contributed by atoms with Crippen molar-refractivity contribution >= 4 is 17.6 Å². The number of aromatic nitrogens is 1. The summed E-state index contributed by atoms with van der Waals surface area (Å²) in [6.45, 7) is 0. The molecule has 0 radical (unpaired) electrons. The van der Waals surface area contributed by atoms with Crippen molar-refractivity contribution in [1.29, 1.82) is 0 Å². The third-order valence-electron chi connectivity index (χ3n) is 1.85. The maximum absolute atomic E-state index is 13.2. The first-order valence-electron chi connectivity index (χ1n) is 4.15. The lowest BCUT2D eigenvalue weighted by Gasteiger charge is -2.08. The van der Waals surface area contributed by atoms with Gasteiger partial charge >= 0.3 is 5.97 Å². The number of carbonyl (C=O) groups excluding carboxylic acids is 1. The second-order valence-electron chi connectivity index (χ2n) is 2.84. The molecule has 1 heterocycles. The molecule has 0 aliphatic carbocycles. The minimum absolute atomic E-state index is 0.334. The zero-order valence-corrected chi connectivity index (χ0v) is 8.89. The van der Waals surface area contributed by atoms with Gasteiger partial charge in [0.2, 0.25) is 0 Å². The van der Waals surface area contributed by atoms with Crippen LogP contribution in [0.5, 0.6) is 0 Å². The summed E-state index contributed by atoms with van der Waals surface area (Å²) in [4.78, 5) is 14.1. The number of halogens is 4. The Hall–Kier alpha value is -1.30. The summed E-state index contributed by atoms with van der Waals surface area (Å²) in [5.74, 6) is -1.69. The number of alkyl halides is 2. The number of carbonyl (C=O) groups is 1. The number of esters is 1. The van der Waals surface area contributed by atoms with E-state index in [1.807, 2.05) is 0 Å². The quantitative estimate of drug-likeness (QED) is 0.777. The molecule has 7 heteroatoms. The van der Waals surface area contributed by atoms with Gasteiger partial charge in [-0.25, -0.2) is 13.2 Å². The number of rotatable bonds is 3. The highest BCUT2D eigenvalue weighted by molar-refractivity contribution is 6.32. The van der Waals surface area contributed by atoms with Gasteiger partial charge in [-0.3, -0.25) is 9.78 Å². The first-order chi connectivity index (χ1) is 7.47. The molecule has 0 N–H and O–H groups in total. The number of ether oxygens (including phenoxy) is 1. The minimum atomic E-state index is -2.93. The van der Waals surface area contributed by atoms with E-state index in [2.05, 4.69) is 9.72 Å². The molecular weight excluding hydrogens is 247 g/mol. The SMILES string of the molecule is COC(=O)Cc1c(F)cnc(C(F)F)c1Cl. The minimum Gasteiger partial charge on any atom is -0.469 e. The molecule has 0 aromatic carbocycles. The van der Waals surface area contributed by atoms with Crippen LogP contribution < -0.4 is 0 Å². The van der Waals surface area contributed by atoms with Gasteiger partial charge in [0.05, 0.1) is 24.8 Å². The van der Waals surface area contributed by atoms with Gasteiger partial charge in [-0.1, -0.05) is 11.6 Å². The Labute approximate surface area is 94.2 Å². The van der Waals surface area contributed by atoms with E-state index in [9.17, 15) is 18.0 Å². The molecule has 1 aromatic rings. The van der Waals surface area contributed by atoms with Crippen molar-refractivity contribution in [3.05, 3.63) is 28.3 Å². The van der Waals surface area contributed by atoms with Gasteiger partial charge < -0.3 is 4.74 Å². The Kier molecular flexibility index (Phi) is 4.12. The van der Waals surface area contributed by atoms with E-state index >= 15 is 0 Å². The predicted molar refractivity (Wildman–Crippen MR) is 49.9 cm³/mol. The summed E-state index contributed by atoms with van der Waals surface area (Å²) in [5, 5.41) is -0.541. The molecule has 0 bridgehead atoms. The van der Waals surface area contributed by atoms with Crippen molar-refractivity contribution in [3.8, 4) is 0 Å². The van der Waals surface area contributed by atoms with Crippen LogP contribution in [0.4, 0.5) is 13.2 Å². The van der Waals surface area contributed by atoms with Gasteiger partial charge in [-0.2, -0.15) is 0 Å². The largest absolute Gasteiger partial charge is 0.469 e. The average molecular weight is 254 g/mol. The van der Waals surface area contributed by atoms with Crippen molar-refractivity contribution in [3.63, 3.8) is 0 Å². The molecule has 0 aliphatic rings. The third kappa shape index (κ3) is 2.63. The molecule has 0 spiro atoms. The zero-order valence-electron chi connectivity index (χ0n) is 8.14. The smallest absolute Gasteiger partial charge is 0.310 e. The van der Waals surface area contributed by atoms with Gasteiger partial charge in [0, 0.05) is 5.56 Å². The Bertz CT molecular complexity index is 412. The lowest BCUT2D eigenvalue weighted by molar-refractivity contribution is -0.139. The second kappa shape index (κ2) is 5.16. The Morgan fingerprint density at radius 1 is 1.62 bits per heavy atom. The number of hydrogen-bond acceptors (Lipinski definition) is 3. The molecule has 0 unspecified atom stereocenters. The molecule has 0 amide bonds. The van der Waals surface area contributed by atoms with Gasteiger partial charge in [0.25, 0.3) is 6.43 Å². The van der Waals surface area contributed by atoms with E-state index in [0.717, 1.165) is 7.11 Å². The Morgan fingerprint density at radius 2 is 2.25 bits per heavy atom. The first-order valence-corrected chi connectivity index (χ1v) is 4.53. The molecule has 1 aromatic heterocycles. The zero-order chi connectivity index (χ0) is 12.3. The Morgan fingerprint density at radius 3 is 2.75 bits per heavy atom. The lowest BCUT2D eigenvalue weighted by Crippen LogP contribution is -2.09. The summed E-state index contributed by atoms with van der Waals surface area (Å²) >= 11 is 5.52. The van der Waals surface area contributed by atoms with Gasteiger partial charge in [-0.15, -0.1) is 0 Å². The van der Waals surface area contributed by atoms with Gasteiger partial charge in [-0.05, 0) is 0 Å². The average Bonchev–Trinajstić information content (AvgIpc) is 2.23. The van der Waals surface area contributed by atoms with Crippen molar-refractivity contribution in [2.24, 2.45) is 0 Å². The summed E-state index contributed by atoms with van der Waals surface area (Å²) in [5.41, 5.74) is -1.08. The van der Waals surface area contributed by atoms with Crippen LogP contribution >= 0.6 is 11.6 Å². The molecule has 3 nitrogen and oxygen atoms in total. The first kappa shape index (κ1) is 12.8. The maximum atomic E-state index is 13.2. The highest BCUT2D eigenvalue weighted by Gasteiger charge is 2.21. The fraction of sp³-hybridized carbons (Fsp3) is 0.333. The molecule has 1 rings (SSSR count). The predicted octanol–water partition coefficient (Wildman–Crippen LogP) is 2.53. The fourth-order valence-corrected chi connectivity index (χ4v) is 1.34. The van der Waals surface area contributed by atoms with Crippen LogP contribution in [0, 0.1) is 5.82 Å². The van der Waals surface area contributed by atoms with Crippen molar-refractivity contribution < 1.29 is 22.7 Å². The molecule has 0 atom stereocenters.